The third-order valence-corrected chi connectivity index (χ3v) is 3.20. The normalized spacial score (nSPS) is 21.2. The highest BCUT2D eigenvalue weighted by molar-refractivity contribution is 4.70. The molecule has 0 bridgehead atoms. The van der Waals surface area contributed by atoms with Gasteiger partial charge in [0.05, 0.1) is 12.7 Å². The van der Waals surface area contributed by atoms with E-state index in [0.717, 1.165) is 19.7 Å². The monoisotopic (exact) mass is 228 g/mol. The average molecular weight is 228 g/mol. The number of ether oxygens (including phenoxy) is 1. The first kappa shape index (κ1) is 13.9. The van der Waals surface area contributed by atoms with Gasteiger partial charge in [0.15, 0.2) is 0 Å². The second-order valence-electron chi connectivity index (χ2n) is 5.15. The van der Waals surface area contributed by atoms with Crippen LogP contribution in [0.25, 0.3) is 0 Å². The van der Waals surface area contributed by atoms with Crippen LogP contribution in [0.3, 0.4) is 0 Å². The molecule has 0 radical (unpaired) electrons. The summed E-state index contributed by atoms with van der Waals surface area (Å²) < 4.78 is 5.96. The highest BCUT2D eigenvalue weighted by Gasteiger charge is 2.17. The van der Waals surface area contributed by atoms with Crippen LogP contribution in [0.15, 0.2) is 0 Å². The third-order valence-electron chi connectivity index (χ3n) is 3.20. The molecule has 1 heterocycles. The third kappa shape index (κ3) is 5.83. The van der Waals surface area contributed by atoms with Gasteiger partial charge in [-0.05, 0) is 45.3 Å². The second-order valence-corrected chi connectivity index (χ2v) is 5.15. The Morgan fingerprint density at radius 3 is 2.69 bits per heavy atom. The van der Waals surface area contributed by atoms with Crippen LogP contribution in [0.5, 0.6) is 0 Å². The topological polar surface area (TPSA) is 24.5 Å². The van der Waals surface area contributed by atoms with E-state index in [2.05, 4.69) is 31.1 Å². The first-order chi connectivity index (χ1) is 7.72. The van der Waals surface area contributed by atoms with E-state index in [4.69, 9.17) is 4.74 Å². The number of hydrogen-bond acceptors (Lipinski definition) is 3. The van der Waals surface area contributed by atoms with Crippen molar-refractivity contribution in [3.8, 4) is 0 Å². The van der Waals surface area contributed by atoms with Gasteiger partial charge in [0, 0.05) is 13.1 Å². The molecule has 1 unspecified atom stereocenters. The minimum atomic E-state index is 0.504. The van der Waals surface area contributed by atoms with Crippen molar-refractivity contribution in [2.24, 2.45) is 5.92 Å². The lowest BCUT2D eigenvalue weighted by Gasteiger charge is -2.29. The number of hydrogen-bond donors (Lipinski definition) is 1. The van der Waals surface area contributed by atoms with E-state index >= 15 is 0 Å². The maximum atomic E-state index is 5.96. The van der Waals surface area contributed by atoms with Gasteiger partial charge in [-0.15, -0.1) is 0 Å². The van der Waals surface area contributed by atoms with Gasteiger partial charge in [-0.1, -0.05) is 13.8 Å². The first-order valence-corrected chi connectivity index (χ1v) is 6.73. The van der Waals surface area contributed by atoms with Gasteiger partial charge in [-0.25, -0.2) is 0 Å². The molecule has 0 aromatic carbocycles. The largest absolute Gasteiger partial charge is 0.378 e. The van der Waals surface area contributed by atoms with Crippen LogP contribution in [-0.2, 0) is 4.74 Å². The fourth-order valence-electron chi connectivity index (χ4n) is 2.04. The summed E-state index contributed by atoms with van der Waals surface area (Å²) in [4.78, 5) is 2.38. The lowest BCUT2D eigenvalue weighted by Crippen LogP contribution is -2.35. The maximum absolute atomic E-state index is 5.96. The smallest absolute Gasteiger partial charge is 0.0599 e. The molecule has 3 heteroatoms. The highest BCUT2D eigenvalue weighted by atomic mass is 16.5. The molecule has 0 aromatic rings. The average Bonchev–Trinajstić information content (AvgIpc) is 2.29. The maximum Gasteiger partial charge on any atom is 0.0599 e. The molecule has 0 amide bonds. The van der Waals surface area contributed by atoms with Crippen molar-refractivity contribution in [3.05, 3.63) is 0 Å². The molecule has 0 spiro atoms. The number of nitrogens with one attached hydrogen (secondary N) is 1. The Morgan fingerprint density at radius 1 is 1.38 bits per heavy atom. The van der Waals surface area contributed by atoms with Crippen molar-refractivity contribution in [3.63, 3.8) is 0 Å². The summed E-state index contributed by atoms with van der Waals surface area (Å²) in [7, 11) is 2.19. The second kappa shape index (κ2) is 8.04. The lowest BCUT2D eigenvalue weighted by atomic mass is 10.1. The number of piperidine rings is 1. The summed E-state index contributed by atoms with van der Waals surface area (Å²) in [5.41, 5.74) is 0. The van der Waals surface area contributed by atoms with Gasteiger partial charge in [0.25, 0.3) is 0 Å². The van der Waals surface area contributed by atoms with Gasteiger partial charge < -0.3 is 15.0 Å². The van der Waals surface area contributed by atoms with Crippen molar-refractivity contribution < 1.29 is 4.74 Å². The van der Waals surface area contributed by atoms with E-state index in [1.54, 1.807) is 0 Å². The summed E-state index contributed by atoms with van der Waals surface area (Å²) >= 11 is 0. The van der Waals surface area contributed by atoms with E-state index < -0.39 is 0 Å². The zero-order chi connectivity index (χ0) is 11.8. The van der Waals surface area contributed by atoms with Crippen LogP contribution in [-0.4, -0.2) is 50.8 Å². The van der Waals surface area contributed by atoms with Gasteiger partial charge in [0.2, 0.25) is 0 Å². The first-order valence-electron chi connectivity index (χ1n) is 6.73. The SMILES string of the molecule is CCCNCC(C)COC1CCN(C)CC1. The Morgan fingerprint density at radius 2 is 2.06 bits per heavy atom. The fraction of sp³-hybridized carbons (Fsp3) is 1.00. The van der Waals surface area contributed by atoms with E-state index in [0.29, 0.717) is 12.0 Å². The molecule has 1 rings (SSSR count). The van der Waals surface area contributed by atoms with Gasteiger partial charge >= 0.3 is 0 Å². The molecule has 1 N–H and O–H groups in total. The van der Waals surface area contributed by atoms with E-state index in [-0.39, 0.29) is 0 Å². The Labute approximate surface area is 101 Å². The molecular formula is C13H28N2O. The number of likely N-dealkylation sites (tertiary alicyclic amines) is 1. The molecule has 3 nitrogen and oxygen atoms in total. The summed E-state index contributed by atoms with van der Waals surface area (Å²) in [6.07, 6.45) is 4.12. The Bertz CT molecular complexity index is 167. The molecule has 1 aliphatic rings. The fourth-order valence-corrected chi connectivity index (χ4v) is 2.04. The number of nitrogens with zero attached hydrogens (tertiary/aromatic N) is 1. The van der Waals surface area contributed by atoms with Gasteiger partial charge in [0.1, 0.15) is 0 Å². The molecular weight excluding hydrogens is 200 g/mol. The van der Waals surface area contributed by atoms with Gasteiger partial charge in [-0.2, -0.15) is 0 Å². The van der Waals surface area contributed by atoms with Gasteiger partial charge in [-0.3, -0.25) is 0 Å². The van der Waals surface area contributed by atoms with Crippen molar-refractivity contribution in [2.75, 3.05) is 39.8 Å². The van der Waals surface area contributed by atoms with Crippen molar-refractivity contribution in [1.82, 2.24) is 10.2 Å². The summed E-state index contributed by atoms with van der Waals surface area (Å²) in [6.45, 7) is 9.95. The van der Waals surface area contributed by atoms with Crippen LogP contribution in [0.2, 0.25) is 0 Å². The van der Waals surface area contributed by atoms with Crippen LogP contribution >= 0.6 is 0 Å². The summed E-state index contributed by atoms with van der Waals surface area (Å²) in [6, 6.07) is 0. The molecule has 0 aliphatic carbocycles. The van der Waals surface area contributed by atoms with Crippen LogP contribution in [0.4, 0.5) is 0 Å². The zero-order valence-corrected chi connectivity index (χ0v) is 11.2. The van der Waals surface area contributed by atoms with Crippen LogP contribution in [0, 0.1) is 5.92 Å². The predicted molar refractivity (Wildman–Crippen MR) is 68.8 cm³/mol. The lowest BCUT2D eigenvalue weighted by molar-refractivity contribution is -0.00239. The van der Waals surface area contributed by atoms with E-state index in [1.165, 1.54) is 32.4 Å². The summed E-state index contributed by atoms with van der Waals surface area (Å²) in [5, 5.41) is 3.44. The van der Waals surface area contributed by atoms with E-state index in [9.17, 15) is 0 Å². The van der Waals surface area contributed by atoms with Crippen molar-refractivity contribution in [2.45, 2.75) is 39.2 Å². The van der Waals surface area contributed by atoms with Crippen LogP contribution in [0.1, 0.15) is 33.1 Å². The summed E-state index contributed by atoms with van der Waals surface area (Å²) in [5.74, 6) is 0.631. The zero-order valence-electron chi connectivity index (χ0n) is 11.2. The minimum absolute atomic E-state index is 0.504. The molecule has 1 aliphatic heterocycles. The minimum Gasteiger partial charge on any atom is -0.378 e. The Kier molecular flexibility index (Phi) is 7.01. The van der Waals surface area contributed by atoms with Crippen molar-refractivity contribution in [1.29, 1.82) is 0 Å². The van der Waals surface area contributed by atoms with Crippen molar-refractivity contribution >= 4 is 0 Å². The molecule has 1 fully saturated rings. The standard InChI is InChI=1S/C13H28N2O/c1-4-7-14-10-12(2)11-16-13-5-8-15(3)9-6-13/h12-14H,4-11H2,1-3H3. The van der Waals surface area contributed by atoms with Crippen LogP contribution < -0.4 is 5.32 Å². The number of rotatable bonds is 7. The molecule has 96 valence electrons. The molecule has 1 saturated heterocycles. The molecule has 0 aromatic heterocycles. The van der Waals surface area contributed by atoms with E-state index in [1.807, 2.05) is 0 Å². The quantitative estimate of drug-likeness (QED) is 0.672. The Hall–Kier alpha value is -0.120. The molecule has 16 heavy (non-hydrogen) atoms. The molecule has 1 atom stereocenters. The highest BCUT2D eigenvalue weighted by Crippen LogP contribution is 2.13. The Balaban J connectivity index is 2.00. The predicted octanol–water partition coefficient (Wildman–Crippen LogP) is 1.73. The molecule has 0 saturated carbocycles.